The van der Waals surface area contributed by atoms with E-state index in [0.29, 0.717) is 11.4 Å². The molecule has 0 fully saturated rings. The summed E-state index contributed by atoms with van der Waals surface area (Å²) in [6.07, 6.45) is -0.610. The van der Waals surface area contributed by atoms with E-state index < -0.39 is 21.2 Å². The fourth-order valence-corrected chi connectivity index (χ4v) is 2.61. The first-order valence-electron chi connectivity index (χ1n) is 6.12. The van der Waals surface area contributed by atoms with Crippen molar-refractivity contribution in [3.05, 3.63) is 29.8 Å². The van der Waals surface area contributed by atoms with Crippen molar-refractivity contribution < 1.29 is 13.5 Å². The quantitative estimate of drug-likeness (QED) is 0.823. The maximum absolute atomic E-state index is 11.9. The summed E-state index contributed by atoms with van der Waals surface area (Å²) in [7, 11) is -3.23. The third-order valence-electron chi connectivity index (χ3n) is 2.80. The minimum Gasteiger partial charge on any atom is -0.387 e. The first-order chi connectivity index (χ1) is 8.39. The van der Waals surface area contributed by atoms with E-state index in [1.54, 1.807) is 38.1 Å². The van der Waals surface area contributed by atoms with E-state index in [1.165, 1.54) is 0 Å². The standard InChI is InChI=1S/C13H21NO3S/c1-4-14-9-13(15)11-5-7-12(8-6-11)18(16,17)10(2)3/h5-8,10,13-15H,4,9H2,1-3H3. The summed E-state index contributed by atoms with van der Waals surface area (Å²) in [5, 5.41) is 12.4. The number of aliphatic hydroxyl groups excluding tert-OH is 1. The number of benzene rings is 1. The maximum atomic E-state index is 11.9. The first-order valence-corrected chi connectivity index (χ1v) is 7.66. The molecule has 0 saturated heterocycles. The molecule has 18 heavy (non-hydrogen) atoms. The maximum Gasteiger partial charge on any atom is 0.180 e. The molecule has 1 rings (SSSR count). The van der Waals surface area contributed by atoms with Gasteiger partial charge in [0.25, 0.3) is 0 Å². The van der Waals surface area contributed by atoms with E-state index in [9.17, 15) is 13.5 Å². The van der Waals surface area contributed by atoms with Crippen LogP contribution in [0.15, 0.2) is 29.2 Å². The lowest BCUT2D eigenvalue weighted by Crippen LogP contribution is -2.21. The van der Waals surface area contributed by atoms with Crippen LogP contribution < -0.4 is 5.32 Å². The van der Waals surface area contributed by atoms with E-state index >= 15 is 0 Å². The van der Waals surface area contributed by atoms with Crippen molar-refractivity contribution in [1.82, 2.24) is 5.32 Å². The molecular formula is C13H21NO3S. The molecule has 1 aromatic rings. The molecule has 102 valence electrons. The van der Waals surface area contributed by atoms with Crippen LogP contribution in [-0.4, -0.2) is 31.9 Å². The number of nitrogens with one attached hydrogen (secondary N) is 1. The Morgan fingerprint density at radius 1 is 1.22 bits per heavy atom. The highest BCUT2D eigenvalue weighted by molar-refractivity contribution is 7.92. The Morgan fingerprint density at radius 2 is 1.78 bits per heavy atom. The second kappa shape index (κ2) is 6.31. The Kier molecular flexibility index (Phi) is 5.31. The van der Waals surface area contributed by atoms with Crippen LogP contribution in [0.25, 0.3) is 0 Å². The zero-order valence-electron chi connectivity index (χ0n) is 11.1. The smallest absolute Gasteiger partial charge is 0.180 e. The summed E-state index contributed by atoms with van der Waals surface area (Å²) in [5.41, 5.74) is 0.721. The Bertz CT molecular complexity index is 466. The largest absolute Gasteiger partial charge is 0.387 e. The summed E-state index contributed by atoms with van der Waals surface area (Å²) in [5.74, 6) is 0. The Labute approximate surface area is 109 Å². The predicted molar refractivity (Wildman–Crippen MR) is 72.3 cm³/mol. The zero-order valence-corrected chi connectivity index (χ0v) is 11.9. The molecule has 1 unspecified atom stereocenters. The third kappa shape index (κ3) is 3.54. The Hall–Kier alpha value is -0.910. The van der Waals surface area contributed by atoms with Gasteiger partial charge in [0, 0.05) is 6.54 Å². The van der Waals surface area contributed by atoms with Crippen LogP contribution in [0.1, 0.15) is 32.4 Å². The molecule has 0 radical (unpaired) electrons. The van der Waals surface area contributed by atoms with Crippen LogP contribution in [0.5, 0.6) is 0 Å². The van der Waals surface area contributed by atoms with E-state index in [1.807, 2.05) is 6.92 Å². The topological polar surface area (TPSA) is 66.4 Å². The highest BCUT2D eigenvalue weighted by Gasteiger charge is 2.19. The summed E-state index contributed by atoms with van der Waals surface area (Å²) in [6, 6.07) is 6.44. The first kappa shape index (κ1) is 15.1. The van der Waals surface area contributed by atoms with Gasteiger partial charge in [-0.1, -0.05) is 19.1 Å². The van der Waals surface area contributed by atoms with Gasteiger partial charge < -0.3 is 10.4 Å². The molecule has 5 heteroatoms. The predicted octanol–water partition coefficient (Wildman–Crippen LogP) is 1.51. The Balaban J connectivity index is 2.87. The number of rotatable bonds is 6. The molecule has 0 heterocycles. The van der Waals surface area contributed by atoms with Crippen molar-refractivity contribution in [1.29, 1.82) is 0 Å². The van der Waals surface area contributed by atoms with Crippen LogP contribution in [0.3, 0.4) is 0 Å². The van der Waals surface area contributed by atoms with Crippen molar-refractivity contribution in [2.75, 3.05) is 13.1 Å². The molecule has 1 aromatic carbocycles. The molecule has 2 N–H and O–H groups in total. The number of hydrogen-bond donors (Lipinski definition) is 2. The van der Waals surface area contributed by atoms with E-state index in [2.05, 4.69) is 5.32 Å². The lowest BCUT2D eigenvalue weighted by Gasteiger charge is -2.13. The molecule has 0 bridgehead atoms. The van der Waals surface area contributed by atoms with Gasteiger partial charge in [0.1, 0.15) is 0 Å². The van der Waals surface area contributed by atoms with Crippen LogP contribution in [-0.2, 0) is 9.84 Å². The lowest BCUT2D eigenvalue weighted by molar-refractivity contribution is 0.175. The van der Waals surface area contributed by atoms with Gasteiger partial charge in [-0.25, -0.2) is 8.42 Å². The molecular weight excluding hydrogens is 250 g/mol. The van der Waals surface area contributed by atoms with Gasteiger partial charge in [-0.15, -0.1) is 0 Å². The van der Waals surface area contributed by atoms with Gasteiger partial charge in [0.15, 0.2) is 9.84 Å². The van der Waals surface area contributed by atoms with E-state index in [4.69, 9.17) is 0 Å². The second-order valence-corrected chi connectivity index (χ2v) is 6.99. The average molecular weight is 271 g/mol. The van der Waals surface area contributed by atoms with Crippen LogP contribution >= 0.6 is 0 Å². The summed E-state index contributed by atoms with van der Waals surface area (Å²) in [6.45, 7) is 6.53. The van der Waals surface area contributed by atoms with Crippen LogP contribution in [0, 0.1) is 0 Å². The number of likely N-dealkylation sites (N-methyl/N-ethyl adjacent to an activating group) is 1. The molecule has 0 aliphatic rings. The molecule has 0 aromatic heterocycles. The SMILES string of the molecule is CCNCC(O)c1ccc(S(=O)(=O)C(C)C)cc1. The minimum absolute atomic E-state index is 0.303. The van der Waals surface area contributed by atoms with Gasteiger partial charge in [-0.3, -0.25) is 0 Å². The van der Waals surface area contributed by atoms with Gasteiger partial charge in [0.05, 0.1) is 16.2 Å². The zero-order chi connectivity index (χ0) is 13.8. The molecule has 0 amide bonds. The minimum atomic E-state index is -3.23. The molecule has 0 aliphatic carbocycles. The molecule has 0 saturated carbocycles. The molecule has 0 spiro atoms. The summed E-state index contributed by atoms with van der Waals surface area (Å²) in [4.78, 5) is 0.303. The highest BCUT2D eigenvalue weighted by atomic mass is 32.2. The fraction of sp³-hybridized carbons (Fsp3) is 0.538. The average Bonchev–Trinajstić information content (AvgIpc) is 2.35. The summed E-state index contributed by atoms with van der Waals surface area (Å²) >= 11 is 0. The van der Waals surface area contributed by atoms with Gasteiger partial charge in [-0.2, -0.15) is 0 Å². The second-order valence-electron chi connectivity index (χ2n) is 4.49. The van der Waals surface area contributed by atoms with Crippen LogP contribution in [0.2, 0.25) is 0 Å². The third-order valence-corrected chi connectivity index (χ3v) is 4.97. The van der Waals surface area contributed by atoms with Crippen molar-refractivity contribution >= 4 is 9.84 Å². The van der Waals surface area contributed by atoms with Crippen molar-refractivity contribution in [2.45, 2.75) is 37.0 Å². The summed E-state index contributed by atoms with van der Waals surface area (Å²) < 4.78 is 23.8. The fourth-order valence-electron chi connectivity index (χ4n) is 1.55. The molecule has 0 aliphatic heterocycles. The number of sulfone groups is 1. The van der Waals surface area contributed by atoms with E-state index in [0.717, 1.165) is 12.1 Å². The highest BCUT2D eigenvalue weighted by Crippen LogP contribution is 2.19. The van der Waals surface area contributed by atoms with Crippen molar-refractivity contribution in [3.8, 4) is 0 Å². The van der Waals surface area contributed by atoms with E-state index in [-0.39, 0.29) is 0 Å². The molecule has 4 nitrogen and oxygen atoms in total. The van der Waals surface area contributed by atoms with Gasteiger partial charge >= 0.3 is 0 Å². The molecule has 1 atom stereocenters. The van der Waals surface area contributed by atoms with Crippen molar-refractivity contribution in [3.63, 3.8) is 0 Å². The number of aliphatic hydroxyl groups is 1. The van der Waals surface area contributed by atoms with Crippen molar-refractivity contribution in [2.24, 2.45) is 0 Å². The Morgan fingerprint density at radius 3 is 2.22 bits per heavy atom. The monoisotopic (exact) mass is 271 g/mol. The normalized spacial score (nSPS) is 13.8. The number of hydrogen-bond acceptors (Lipinski definition) is 4. The van der Waals surface area contributed by atoms with Gasteiger partial charge in [-0.05, 0) is 38.1 Å². The lowest BCUT2D eigenvalue weighted by atomic mass is 10.1. The van der Waals surface area contributed by atoms with Gasteiger partial charge in [0.2, 0.25) is 0 Å². The van der Waals surface area contributed by atoms with Crippen LogP contribution in [0.4, 0.5) is 0 Å².